The van der Waals surface area contributed by atoms with Crippen molar-refractivity contribution >= 4 is 17.5 Å². The third-order valence-electron chi connectivity index (χ3n) is 1.28. The molecule has 1 rings (SSSR count). The van der Waals surface area contributed by atoms with Crippen LogP contribution >= 0.6 is 11.8 Å². The molecule has 4 N–H and O–H groups in total. The van der Waals surface area contributed by atoms with Gasteiger partial charge in [-0.3, -0.25) is 0 Å². The van der Waals surface area contributed by atoms with Gasteiger partial charge in [0.15, 0.2) is 0 Å². The monoisotopic (exact) mass is 190 g/mol. The first-order valence-corrected chi connectivity index (χ1v) is 3.50. The van der Waals surface area contributed by atoms with Gasteiger partial charge < -0.3 is 15.6 Å². The molecule has 4 nitrogen and oxygen atoms in total. The number of anilines is 1. The van der Waals surface area contributed by atoms with Gasteiger partial charge in [0.25, 0.3) is 0 Å². The van der Waals surface area contributed by atoms with Crippen LogP contribution in [-0.4, -0.2) is 12.6 Å². The van der Waals surface area contributed by atoms with Crippen LogP contribution in [0.1, 0.15) is 0 Å². The number of hydrogen-bond acceptors (Lipinski definition) is 3. The van der Waals surface area contributed by atoms with Crippen LogP contribution in [0, 0.1) is 0 Å². The minimum Gasteiger partial charge on any atom is -0.497 e. The van der Waals surface area contributed by atoms with Crippen LogP contribution in [0.15, 0.2) is 24.3 Å². The van der Waals surface area contributed by atoms with Gasteiger partial charge >= 0.3 is 0 Å². The smallest absolute Gasteiger partial charge is 0.119 e. The maximum absolute atomic E-state index is 5.22. The SMILES string of the molecule is COc1ccc(NNCl)cc1.O. The van der Waals surface area contributed by atoms with Crippen molar-refractivity contribution in [3.8, 4) is 5.75 Å². The molecule has 68 valence electrons. The van der Waals surface area contributed by atoms with Gasteiger partial charge in [0.1, 0.15) is 5.75 Å². The summed E-state index contributed by atoms with van der Waals surface area (Å²) in [5.41, 5.74) is 3.61. The fourth-order valence-electron chi connectivity index (χ4n) is 0.729. The van der Waals surface area contributed by atoms with E-state index < -0.39 is 0 Å². The minimum atomic E-state index is 0. The lowest BCUT2D eigenvalue weighted by atomic mass is 10.3. The zero-order valence-corrected chi connectivity index (χ0v) is 7.35. The number of hydrogen-bond donors (Lipinski definition) is 2. The van der Waals surface area contributed by atoms with E-state index in [4.69, 9.17) is 16.5 Å². The lowest BCUT2D eigenvalue weighted by Crippen LogP contribution is -2.07. The van der Waals surface area contributed by atoms with Gasteiger partial charge in [-0.2, -0.15) is 0 Å². The molecule has 0 fully saturated rings. The predicted octanol–water partition coefficient (Wildman–Crippen LogP) is 0.941. The molecule has 5 heteroatoms. The van der Waals surface area contributed by atoms with Crippen LogP contribution in [-0.2, 0) is 0 Å². The van der Waals surface area contributed by atoms with Gasteiger partial charge in [0, 0.05) is 0 Å². The molecule has 0 unspecified atom stereocenters. The van der Waals surface area contributed by atoms with Crippen molar-refractivity contribution in [3.05, 3.63) is 24.3 Å². The summed E-state index contributed by atoms with van der Waals surface area (Å²) in [7, 11) is 1.63. The first kappa shape index (κ1) is 11.0. The quantitative estimate of drug-likeness (QED) is 0.551. The normalized spacial score (nSPS) is 8.50. The van der Waals surface area contributed by atoms with Crippen molar-refractivity contribution in [1.82, 2.24) is 4.94 Å². The average molecular weight is 191 g/mol. The molecule has 0 aromatic heterocycles. The van der Waals surface area contributed by atoms with Crippen molar-refractivity contribution < 1.29 is 10.2 Å². The molecule has 0 atom stereocenters. The molecular formula is C7H11ClN2O2. The maximum atomic E-state index is 5.22. The van der Waals surface area contributed by atoms with Crippen LogP contribution < -0.4 is 15.1 Å². The van der Waals surface area contributed by atoms with Gasteiger partial charge in [0.05, 0.1) is 12.8 Å². The summed E-state index contributed by atoms with van der Waals surface area (Å²) in [4.78, 5) is 2.30. The molecule has 0 bridgehead atoms. The Hall–Kier alpha value is -0.970. The number of rotatable bonds is 3. The van der Waals surface area contributed by atoms with Gasteiger partial charge in [-0.15, -0.1) is 4.94 Å². The number of benzene rings is 1. The summed E-state index contributed by atoms with van der Waals surface area (Å²) >= 11 is 5.22. The van der Waals surface area contributed by atoms with Crippen LogP contribution in [0.25, 0.3) is 0 Å². The second kappa shape index (κ2) is 5.65. The zero-order valence-electron chi connectivity index (χ0n) is 6.60. The topological polar surface area (TPSA) is 64.8 Å². The lowest BCUT2D eigenvalue weighted by Gasteiger charge is -2.02. The fourth-order valence-corrected chi connectivity index (χ4v) is 0.838. The van der Waals surface area contributed by atoms with E-state index in [9.17, 15) is 0 Å². The second-order valence-electron chi connectivity index (χ2n) is 1.95. The first-order valence-electron chi connectivity index (χ1n) is 3.12. The summed E-state index contributed by atoms with van der Waals surface area (Å²) in [5, 5.41) is 0. The molecule has 0 radical (unpaired) electrons. The summed E-state index contributed by atoms with van der Waals surface area (Å²) in [6.45, 7) is 0. The summed E-state index contributed by atoms with van der Waals surface area (Å²) in [5.74, 6) is 0.824. The lowest BCUT2D eigenvalue weighted by molar-refractivity contribution is 0.415. The van der Waals surface area contributed by atoms with Crippen molar-refractivity contribution in [2.75, 3.05) is 12.5 Å². The predicted molar refractivity (Wildman–Crippen MR) is 49.2 cm³/mol. The molecule has 0 amide bonds. The fraction of sp³-hybridized carbons (Fsp3) is 0.143. The third-order valence-corrected chi connectivity index (χ3v) is 1.38. The Kier molecular flexibility index (Phi) is 5.19. The van der Waals surface area contributed by atoms with Gasteiger partial charge in [-0.25, -0.2) is 0 Å². The standard InChI is InChI=1S/C7H9ClN2O.H2O/c1-11-7-4-2-6(3-5-7)9-10-8;/h2-5,9-10H,1H3;1H2. The molecular weight excluding hydrogens is 180 g/mol. The van der Waals surface area contributed by atoms with Gasteiger partial charge in [-0.1, -0.05) is 0 Å². The molecule has 0 aliphatic heterocycles. The molecule has 12 heavy (non-hydrogen) atoms. The maximum Gasteiger partial charge on any atom is 0.119 e. The van der Waals surface area contributed by atoms with Crippen molar-refractivity contribution in [1.29, 1.82) is 0 Å². The summed E-state index contributed by atoms with van der Waals surface area (Å²) in [6, 6.07) is 7.40. The van der Waals surface area contributed by atoms with Gasteiger partial charge in [-0.05, 0) is 36.0 Å². The summed E-state index contributed by atoms with van der Waals surface area (Å²) in [6.07, 6.45) is 0. The Morgan fingerprint density at radius 2 is 1.83 bits per heavy atom. The molecule has 0 aliphatic carbocycles. The van der Waals surface area contributed by atoms with Crippen molar-refractivity contribution in [2.45, 2.75) is 0 Å². The molecule has 0 saturated heterocycles. The van der Waals surface area contributed by atoms with E-state index >= 15 is 0 Å². The number of halogens is 1. The molecule has 1 aromatic carbocycles. The highest BCUT2D eigenvalue weighted by Crippen LogP contribution is 2.13. The number of hydrazine groups is 1. The van der Waals surface area contributed by atoms with Crippen LogP contribution in [0.2, 0.25) is 0 Å². The van der Waals surface area contributed by atoms with Crippen LogP contribution in [0.3, 0.4) is 0 Å². The van der Waals surface area contributed by atoms with E-state index in [-0.39, 0.29) is 5.48 Å². The Labute approximate surface area is 75.9 Å². The van der Waals surface area contributed by atoms with Crippen LogP contribution in [0.4, 0.5) is 5.69 Å². The number of nitrogens with one attached hydrogen (secondary N) is 2. The second-order valence-corrected chi connectivity index (χ2v) is 2.14. The Morgan fingerprint density at radius 3 is 2.25 bits per heavy atom. The van der Waals surface area contributed by atoms with E-state index in [0.717, 1.165) is 11.4 Å². The van der Waals surface area contributed by atoms with Crippen molar-refractivity contribution in [2.24, 2.45) is 0 Å². The minimum absolute atomic E-state index is 0. The molecule has 0 saturated carbocycles. The number of methoxy groups -OCH3 is 1. The summed E-state index contributed by atoms with van der Waals surface area (Å²) < 4.78 is 4.97. The highest BCUT2D eigenvalue weighted by atomic mass is 35.5. The van der Waals surface area contributed by atoms with E-state index in [1.54, 1.807) is 7.11 Å². The zero-order chi connectivity index (χ0) is 8.10. The van der Waals surface area contributed by atoms with E-state index in [1.807, 2.05) is 24.3 Å². The molecule has 0 spiro atoms. The van der Waals surface area contributed by atoms with E-state index in [2.05, 4.69) is 10.4 Å². The highest BCUT2D eigenvalue weighted by Gasteiger charge is 1.90. The number of ether oxygens (including phenoxy) is 1. The molecule has 0 heterocycles. The van der Waals surface area contributed by atoms with Gasteiger partial charge in [0.2, 0.25) is 0 Å². The highest BCUT2D eigenvalue weighted by molar-refractivity contribution is 6.13. The average Bonchev–Trinajstić information content (AvgIpc) is 2.07. The Balaban J connectivity index is 0.00000121. The van der Waals surface area contributed by atoms with E-state index in [0.29, 0.717) is 0 Å². The third kappa shape index (κ3) is 2.96. The Bertz CT molecular complexity index is 215. The largest absolute Gasteiger partial charge is 0.497 e. The van der Waals surface area contributed by atoms with Crippen LogP contribution in [0.5, 0.6) is 5.75 Å². The van der Waals surface area contributed by atoms with Crippen molar-refractivity contribution in [3.63, 3.8) is 0 Å². The first-order chi connectivity index (χ1) is 5.36. The Morgan fingerprint density at radius 1 is 1.25 bits per heavy atom. The molecule has 1 aromatic rings. The van der Waals surface area contributed by atoms with E-state index in [1.165, 1.54) is 0 Å². The molecule has 0 aliphatic rings.